The van der Waals surface area contributed by atoms with Crippen LogP contribution in [-0.4, -0.2) is 42.5 Å². The zero-order valence-electron chi connectivity index (χ0n) is 4.93. The summed E-state index contributed by atoms with van der Waals surface area (Å²) >= 11 is 0. The van der Waals surface area contributed by atoms with E-state index in [9.17, 15) is 4.79 Å². The third kappa shape index (κ3) is 4.62. The molecular formula is C5H11NNaO. The molecule has 0 atom stereocenters. The van der Waals surface area contributed by atoms with Crippen LogP contribution in [0.25, 0.3) is 0 Å². The fourth-order valence-electron chi connectivity index (χ4n) is 0.258. The third-order valence-electron chi connectivity index (χ3n) is 0.714. The Hall–Kier alpha value is 0.470. The zero-order valence-corrected chi connectivity index (χ0v) is 4.93. The van der Waals surface area contributed by atoms with Crippen LogP contribution in [0.15, 0.2) is 0 Å². The van der Waals surface area contributed by atoms with Crippen LogP contribution in [0.2, 0.25) is 0 Å². The van der Waals surface area contributed by atoms with Gasteiger partial charge >= 0.3 is 29.6 Å². The Labute approximate surface area is 72.3 Å². The summed E-state index contributed by atoms with van der Waals surface area (Å²) in [4.78, 5) is 10.3. The number of carbonyl (C=O) groups is 1. The molecule has 0 aromatic carbocycles. The van der Waals surface area contributed by atoms with E-state index in [4.69, 9.17) is 0 Å². The van der Waals surface area contributed by atoms with Crippen molar-refractivity contribution in [2.75, 3.05) is 7.05 Å². The number of carbonyl (C=O) groups excluding carboxylic acids is 1. The first kappa shape index (κ1) is 11.3. The molecule has 0 aliphatic heterocycles. The van der Waals surface area contributed by atoms with E-state index in [0.29, 0.717) is 0 Å². The Morgan fingerprint density at radius 2 is 1.88 bits per heavy atom. The van der Waals surface area contributed by atoms with Crippen LogP contribution in [0.4, 0.5) is 0 Å². The minimum atomic E-state index is -0.0278. The Balaban J connectivity index is 0. The van der Waals surface area contributed by atoms with Crippen LogP contribution < -0.4 is 5.32 Å². The summed E-state index contributed by atoms with van der Waals surface area (Å²) < 4.78 is 0. The van der Waals surface area contributed by atoms with E-state index >= 15 is 0 Å². The molecule has 0 spiro atoms. The Kier molecular flexibility index (Phi) is 7.91. The van der Waals surface area contributed by atoms with E-state index in [2.05, 4.69) is 5.32 Å². The molecule has 0 saturated carbocycles. The fraction of sp³-hybridized carbons (Fsp3) is 0.800. The first-order chi connectivity index (χ1) is 3.18. The summed E-state index contributed by atoms with van der Waals surface area (Å²) in [5, 5.41) is 3.45. The molecule has 0 rings (SSSR count). The van der Waals surface area contributed by atoms with Crippen molar-refractivity contribution in [3.05, 3.63) is 0 Å². The second-order valence-corrected chi connectivity index (χ2v) is 1.72. The normalized spacial score (nSPS) is 8.00. The van der Waals surface area contributed by atoms with Crippen molar-refractivity contribution in [3.8, 4) is 0 Å². The molecule has 0 aromatic rings. The van der Waals surface area contributed by atoms with Gasteiger partial charge in [0.05, 0.1) is 0 Å². The van der Waals surface area contributed by atoms with Gasteiger partial charge < -0.3 is 0 Å². The maximum atomic E-state index is 10.3. The van der Waals surface area contributed by atoms with Crippen molar-refractivity contribution in [1.29, 1.82) is 0 Å². The molecule has 1 amide bonds. The molecular weight excluding hydrogens is 113 g/mol. The Bertz CT molecular complexity index is 72.8. The van der Waals surface area contributed by atoms with E-state index in [1.54, 1.807) is 0 Å². The Morgan fingerprint density at radius 1 is 1.50 bits per heavy atom. The van der Waals surface area contributed by atoms with Gasteiger partial charge in [-0.15, -0.1) is 0 Å². The molecule has 0 fully saturated rings. The van der Waals surface area contributed by atoms with E-state index in [0.717, 1.165) is 0 Å². The molecule has 0 heterocycles. The van der Waals surface area contributed by atoms with E-state index in [1.807, 2.05) is 13.8 Å². The van der Waals surface area contributed by atoms with Gasteiger partial charge in [-0.05, 0) is 0 Å². The van der Waals surface area contributed by atoms with Crippen LogP contribution in [0, 0.1) is 5.92 Å². The number of hydrogen-bond acceptors (Lipinski definition) is 1. The zero-order chi connectivity index (χ0) is 5.86. The van der Waals surface area contributed by atoms with Crippen molar-refractivity contribution in [3.63, 3.8) is 0 Å². The number of hydrogen-bond donors (Lipinski definition) is 0. The molecule has 0 aliphatic rings. The van der Waals surface area contributed by atoms with Gasteiger partial charge in [0, 0.05) is 13.0 Å². The van der Waals surface area contributed by atoms with E-state index in [1.165, 1.54) is 7.05 Å². The summed E-state index contributed by atoms with van der Waals surface area (Å²) in [6.07, 6.45) is 0. The van der Waals surface area contributed by atoms with Gasteiger partial charge in [0.15, 0.2) is 0 Å². The third-order valence-corrected chi connectivity index (χ3v) is 0.714. The predicted octanol–water partition coefficient (Wildman–Crippen LogP) is -0.245. The van der Waals surface area contributed by atoms with Crippen LogP contribution in [0.3, 0.4) is 0 Å². The molecule has 2 nitrogen and oxygen atoms in total. The number of amides is 1. The molecule has 8 heavy (non-hydrogen) atoms. The molecule has 43 valence electrons. The quantitative estimate of drug-likeness (QED) is 0.444. The maximum absolute atomic E-state index is 10.3. The van der Waals surface area contributed by atoms with Gasteiger partial charge in [-0.25, -0.2) is 0 Å². The van der Waals surface area contributed by atoms with Crippen LogP contribution in [0.1, 0.15) is 13.8 Å². The monoisotopic (exact) mass is 124 g/mol. The van der Waals surface area contributed by atoms with Crippen LogP contribution in [-0.2, 0) is 4.79 Å². The average Bonchev–Trinajstić information content (AvgIpc) is 1.65. The van der Waals surface area contributed by atoms with Crippen molar-refractivity contribution < 1.29 is 4.79 Å². The fourth-order valence-corrected chi connectivity index (χ4v) is 0.258. The summed E-state index contributed by atoms with van der Waals surface area (Å²) in [7, 11) is 1.52. The Morgan fingerprint density at radius 3 is 1.88 bits per heavy atom. The summed E-state index contributed by atoms with van der Waals surface area (Å²) in [6.45, 7) is 3.66. The molecule has 0 aliphatic carbocycles. The molecule has 3 heteroatoms. The van der Waals surface area contributed by atoms with Crippen LogP contribution >= 0.6 is 0 Å². The topological polar surface area (TPSA) is 31.2 Å². The average molecular weight is 124 g/mol. The van der Waals surface area contributed by atoms with Gasteiger partial charge in [-0.2, -0.15) is 0 Å². The predicted molar refractivity (Wildman–Crippen MR) is 35.1 cm³/mol. The molecule has 0 saturated heterocycles. The van der Waals surface area contributed by atoms with E-state index in [-0.39, 0.29) is 41.4 Å². The molecule has 0 N–H and O–H groups in total. The van der Waals surface area contributed by atoms with Crippen molar-refractivity contribution >= 4 is 35.5 Å². The first-order valence-electron chi connectivity index (χ1n) is 2.32. The number of rotatable bonds is 1. The van der Waals surface area contributed by atoms with Crippen molar-refractivity contribution in [2.24, 2.45) is 5.92 Å². The number of nitrogens with zero attached hydrogens (tertiary/aromatic N) is 1. The van der Waals surface area contributed by atoms with Crippen LogP contribution in [0.5, 0.6) is 0 Å². The molecule has 0 aromatic heterocycles. The standard InChI is InChI=1S/C5H10NO.Na.H/c1-4(2)5(7)6-3;;/h4H,1-3H3;;. The SMILES string of the molecule is C[N]C(=O)C(C)C.[NaH]. The van der Waals surface area contributed by atoms with Crippen molar-refractivity contribution in [1.82, 2.24) is 5.32 Å². The molecule has 0 unspecified atom stereocenters. The summed E-state index contributed by atoms with van der Waals surface area (Å²) in [5.74, 6) is 0.0324. The van der Waals surface area contributed by atoms with Gasteiger partial charge in [0.25, 0.3) is 0 Å². The first-order valence-corrected chi connectivity index (χ1v) is 2.32. The summed E-state index contributed by atoms with van der Waals surface area (Å²) in [6, 6.07) is 0. The minimum absolute atomic E-state index is 0. The second-order valence-electron chi connectivity index (χ2n) is 1.72. The van der Waals surface area contributed by atoms with Gasteiger partial charge in [0.2, 0.25) is 5.91 Å². The molecule has 0 bridgehead atoms. The van der Waals surface area contributed by atoms with Gasteiger partial charge in [0.1, 0.15) is 0 Å². The summed E-state index contributed by atoms with van der Waals surface area (Å²) in [5.41, 5.74) is 0. The van der Waals surface area contributed by atoms with E-state index < -0.39 is 0 Å². The van der Waals surface area contributed by atoms with Crippen molar-refractivity contribution in [2.45, 2.75) is 13.8 Å². The molecule has 1 radical (unpaired) electrons. The second kappa shape index (κ2) is 5.60. The van der Waals surface area contributed by atoms with Gasteiger partial charge in [-0.1, -0.05) is 13.8 Å². The van der Waals surface area contributed by atoms with Gasteiger partial charge in [-0.3, -0.25) is 10.1 Å².